The quantitative estimate of drug-likeness (QED) is 0.409. The van der Waals surface area contributed by atoms with Gasteiger partial charge in [-0.15, -0.1) is 0 Å². The molecule has 0 unspecified atom stereocenters. The second kappa shape index (κ2) is 10.1. The van der Waals surface area contributed by atoms with E-state index in [4.69, 9.17) is 0 Å². The zero-order valence-electron chi connectivity index (χ0n) is 20.4. The zero-order chi connectivity index (χ0) is 24.3. The van der Waals surface area contributed by atoms with E-state index in [0.29, 0.717) is 11.4 Å². The standard InChI is InChI=1S/C28H31N7O/c36-28(31-23-7-9-26(30-18-23)35-12-5-13-35)27-24-15-21(6-8-25(24)32-33-27)22-14-20(16-29-17-22)19-34-10-3-1-2-4-11-34/h6-9,14-18H,1-5,10-13,19H2,(H,31,36)(H,32,33). The molecule has 6 rings (SSSR count). The molecule has 1 aromatic carbocycles. The van der Waals surface area contributed by atoms with Crippen molar-refractivity contribution in [2.75, 3.05) is 36.4 Å². The minimum atomic E-state index is -0.259. The van der Waals surface area contributed by atoms with Crippen molar-refractivity contribution < 1.29 is 4.79 Å². The van der Waals surface area contributed by atoms with Gasteiger partial charge in [-0.1, -0.05) is 18.9 Å². The first-order valence-electron chi connectivity index (χ1n) is 12.9. The highest BCUT2D eigenvalue weighted by Gasteiger charge is 2.18. The fourth-order valence-corrected chi connectivity index (χ4v) is 5.03. The van der Waals surface area contributed by atoms with E-state index >= 15 is 0 Å². The second-order valence-corrected chi connectivity index (χ2v) is 9.80. The Bertz CT molecular complexity index is 1350. The van der Waals surface area contributed by atoms with Crippen LogP contribution in [0.15, 0.2) is 55.0 Å². The smallest absolute Gasteiger partial charge is 0.276 e. The van der Waals surface area contributed by atoms with Crippen LogP contribution in [-0.4, -0.2) is 57.2 Å². The molecule has 0 saturated carbocycles. The zero-order valence-corrected chi connectivity index (χ0v) is 20.4. The van der Waals surface area contributed by atoms with Gasteiger partial charge in [0, 0.05) is 43.0 Å². The Morgan fingerprint density at radius 1 is 0.889 bits per heavy atom. The molecule has 36 heavy (non-hydrogen) atoms. The van der Waals surface area contributed by atoms with Crippen LogP contribution in [0.5, 0.6) is 0 Å². The minimum absolute atomic E-state index is 0.259. The number of aromatic nitrogens is 4. The summed E-state index contributed by atoms with van der Waals surface area (Å²) < 4.78 is 0. The van der Waals surface area contributed by atoms with Crippen LogP contribution in [0.1, 0.15) is 48.2 Å². The Morgan fingerprint density at radius 3 is 2.50 bits per heavy atom. The van der Waals surface area contributed by atoms with E-state index < -0.39 is 0 Å². The first-order valence-corrected chi connectivity index (χ1v) is 12.9. The van der Waals surface area contributed by atoms with Gasteiger partial charge < -0.3 is 10.2 Å². The third-order valence-corrected chi connectivity index (χ3v) is 7.20. The lowest BCUT2D eigenvalue weighted by atomic mass is 10.0. The summed E-state index contributed by atoms with van der Waals surface area (Å²) >= 11 is 0. The van der Waals surface area contributed by atoms with Crippen LogP contribution in [0.25, 0.3) is 22.0 Å². The van der Waals surface area contributed by atoms with Gasteiger partial charge in [-0.3, -0.25) is 19.8 Å². The van der Waals surface area contributed by atoms with Crippen molar-refractivity contribution in [2.45, 2.75) is 38.6 Å². The fourth-order valence-electron chi connectivity index (χ4n) is 5.03. The molecule has 0 spiro atoms. The lowest BCUT2D eigenvalue weighted by molar-refractivity contribution is 0.102. The summed E-state index contributed by atoms with van der Waals surface area (Å²) in [4.78, 5) is 26.8. The summed E-state index contributed by atoms with van der Waals surface area (Å²) in [6, 6.07) is 12.1. The van der Waals surface area contributed by atoms with E-state index in [2.05, 4.69) is 41.3 Å². The largest absolute Gasteiger partial charge is 0.356 e. The normalized spacial score (nSPS) is 16.5. The highest BCUT2D eigenvalue weighted by molar-refractivity contribution is 6.11. The number of hydrogen-bond donors (Lipinski definition) is 2. The average molecular weight is 482 g/mol. The van der Waals surface area contributed by atoms with Gasteiger partial charge >= 0.3 is 0 Å². The maximum atomic E-state index is 13.1. The van der Waals surface area contributed by atoms with Crippen molar-refractivity contribution in [3.05, 3.63) is 66.2 Å². The van der Waals surface area contributed by atoms with Gasteiger partial charge in [0.15, 0.2) is 5.69 Å². The van der Waals surface area contributed by atoms with Gasteiger partial charge in [-0.05, 0) is 73.8 Å². The molecular formula is C28H31N7O. The molecule has 0 atom stereocenters. The van der Waals surface area contributed by atoms with Gasteiger partial charge in [-0.25, -0.2) is 4.98 Å². The summed E-state index contributed by atoms with van der Waals surface area (Å²) in [5.41, 5.74) is 5.12. The molecule has 4 aromatic rings. The molecule has 0 radical (unpaired) electrons. The first kappa shape index (κ1) is 22.7. The van der Waals surface area contributed by atoms with Gasteiger partial charge in [0.05, 0.1) is 17.4 Å². The van der Waals surface area contributed by atoms with E-state index in [1.165, 1.54) is 37.7 Å². The van der Waals surface area contributed by atoms with Crippen LogP contribution in [-0.2, 0) is 6.54 Å². The predicted octanol–water partition coefficient (Wildman–Crippen LogP) is 4.86. The van der Waals surface area contributed by atoms with Gasteiger partial charge in [0.25, 0.3) is 5.91 Å². The molecule has 2 fully saturated rings. The Kier molecular flexibility index (Phi) is 6.34. The average Bonchev–Trinajstić information content (AvgIpc) is 3.13. The van der Waals surface area contributed by atoms with Gasteiger partial charge in [-0.2, -0.15) is 5.10 Å². The summed E-state index contributed by atoms with van der Waals surface area (Å²) in [5.74, 6) is 0.686. The van der Waals surface area contributed by atoms with E-state index in [0.717, 1.165) is 60.6 Å². The highest BCUT2D eigenvalue weighted by Crippen LogP contribution is 2.27. The van der Waals surface area contributed by atoms with Crippen molar-refractivity contribution in [2.24, 2.45) is 0 Å². The number of amides is 1. The highest BCUT2D eigenvalue weighted by atomic mass is 16.1. The van der Waals surface area contributed by atoms with Crippen molar-refractivity contribution >= 4 is 28.3 Å². The molecule has 184 valence electrons. The summed E-state index contributed by atoms with van der Waals surface area (Å²) in [6.07, 6.45) is 12.0. The number of nitrogens with zero attached hydrogens (tertiary/aromatic N) is 5. The Balaban J connectivity index is 1.20. The number of pyridine rings is 2. The number of H-pyrrole nitrogens is 1. The molecule has 2 saturated heterocycles. The second-order valence-electron chi connectivity index (χ2n) is 9.80. The minimum Gasteiger partial charge on any atom is -0.356 e. The summed E-state index contributed by atoms with van der Waals surface area (Å²) in [7, 11) is 0. The Morgan fingerprint density at radius 2 is 1.75 bits per heavy atom. The number of rotatable bonds is 6. The molecule has 5 heterocycles. The number of benzene rings is 1. The molecule has 2 N–H and O–H groups in total. The van der Waals surface area contributed by atoms with Crippen molar-refractivity contribution in [1.29, 1.82) is 0 Å². The number of likely N-dealkylation sites (tertiary alicyclic amines) is 1. The maximum Gasteiger partial charge on any atom is 0.276 e. The summed E-state index contributed by atoms with van der Waals surface area (Å²) in [6.45, 7) is 5.31. The van der Waals surface area contributed by atoms with Crippen LogP contribution >= 0.6 is 0 Å². The molecule has 1 amide bonds. The number of fused-ring (bicyclic) bond motifs is 1. The van der Waals surface area contributed by atoms with Crippen LogP contribution in [0.3, 0.4) is 0 Å². The molecule has 2 aliphatic heterocycles. The van der Waals surface area contributed by atoms with E-state index in [1.54, 1.807) is 6.20 Å². The van der Waals surface area contributed by atoms with Crippen LogP contribution in [0, 0.1) is 0 Å². The number of carbonyl (C=O) groups is 1. The molecule has 0 aliphatic carbocycles. The van der Waals surface area contributed by atoms with Crippen LogP contribution < -0.4 is 10.2 Å². The maximum absolute atomic E-state index is 13.1. The van der Waals surface area contributed by atoms with Gasteiger partial charge in [0.2, 0.25) is 0 Å². The lowest BCUT2D eigenvalue weighted by Gasteiger charge is -2.31. The third kappa shape index (κ3) is 4.81. The Hall–Kier alpha value is -3.78. The number of aromatic amines is 1. The SMILES string of the molecule is O=C(Nc1ccc(N2CCC2)nc1)c1n[nH]c2ccc(-c3cncc(CN4CCCCCC4)c3)cc12. The number of anilines is 2. The molecule has 0 bridgehead atoms. The molecule has 3 aromatic heterocycles. The first-order chi connectivity index (χ1) is 17.7. The lowest BCUT2D eigenvalue weighted by Crippen LogP contribution is -2.37. The third-order valence-electron chi connectivity index (χ3n) is 7.20. The van der Waals surface area contributed by atoms with E-state index in [9.17, 15) is 4.79 Å². The van der Waals surface area contributed by atoms with E-state index in [-0.39, 0.29) is 5.91 Å². The molecule has 2 aliphatic rings. The molecule has 8 nitrogen and oxygen atoms in total. The predicted molar refractivity (Wildman–Crippen MR) is 142 cm³/mol. The van der Waals surface area contributed by atoms with Crippen LogP contribution in [0.4, 0.5) is 11.5 Å². The van der Waals surface area contributed by atoms with Crippen molar-refractivity contribution in [3.63, 3.8) is 0 Å². The number of nitrogens with one attached hydrogen (secondary N) is 2. The fraction of sp³-hybridized carbons (Fsp3) is 0.357. The van der Waals surface area contributed by atoms with Crippen molar-refractivity contribution in [1.82, 2.24) is 25.1 Å². The monoisotopic (exact) mass is 481 g/mol. The summed E-state index contributed by atoms with van der Waals surface area (Å²) in [5, 5.41) is 11.0. The topological polar surface area (TPSA) is 90.0 Å². The molecule has 8 heteroatoms. The molecular weight excluding hydrogens is 450 g/mol. The van der Waals surface area contributed by atoms with E-state index in [1.807, 2.05) is 42.7 Å². The van der Waals surface area contributed by atoms with Crippen LogP contribution in [0.2, 0.25) is 0 Å². The number of hydrogen-bond acceptors (Lipinski definition) is 6. The van der Waals surface area contributed by atoms with Crippen molar-refractivity contribution in [3.8, 4) is 11.1 Å². The number of carbonyl (C=O) groups excluding carboxylic acids is 1. The Labute approximate surface area is 210 Å². The van der Waals surface area contributed by atoms with Gasteiger partial charge in [0.1, 0.15) is 5.82 Å².